The van der Waals surface area contributed by atoms with Crippen LogP contribution in [0, 0.1) is 5.92 Å². The van der Waals surface area contributed by atoms with Crippen molar-refractivity contribution >= 4 is 23.7 Å². The molecule has 1 aliphatic carbocycles. The standard InChI is InChI=1S/C18H24N6O2S/c1-12-6-3-4-8-14(12)24-16(13-7-5-9-20-10-13)22-23-18(24)27-11-15(25)21-17(26)19-2/h5,7,9-10,12,14H,3-4,6,8,11H2,1-2H3,(H2,19,21,25,26)/t12-,14-/m1/s1. The minimum Gasteiger partial charge on any atom is -0.341 e. The fraction of sp³-hybridized carbons (Fsp3) is 0.500. The molecule has 3 amide bonds. The third kappa shape index (κ3) is 4.65. The number of nitrogens with one attached hydrogen (secondary N) is 2. The number of amides is 3. The molecule has 0 radical (unpaired) electrons. The average Bonchev–Trinajstić information content (AvgIpc) is 3.11. The van der Waals surface area contributed by atoms with Crippen molar-refractivity contribution in [2.45, 2.75) is 43.8 Å². The van der Waals surface area contributed by atoms with E-state index in [1.165, 1.54) is 31.7 Å². The molecule has 2 N–H and O–H groups in total. The maximum absolute atomic E-state index is 12.0. The first-order chi connectivity index (χ1) is 13.1. The quantitative estimate of drug-likeness (QED) is 0.764. The average molecular weight is 388 g/mol. The van der Waals surface area contributed by atoms with Crippen molar-refractivity contribution < 1.29 is 9.59 Å². The summed E-state index contributed by atoms with van der Waals surface area (Å²) in [6.45, 7) is 2.25. The van der Waals surface area contributed by atoms with E-state index >= 15 is 0 Å². The Morgan fingerprint density at radius 1 is 1.30 bits per heavy atom. The Kier molecular flexibility index (Phi) is 6.44. The first-order valence-electron chi connectivity index (χ1n) is 9.09. The zero-order chi connectivity index (χ0) is 19.2. The number of nitrogens with zero attached hydrogens (tertiary/aromatic N) is 4. The van der Waals surface area contributed by atoms with Crippen molar-refractivity contribution in [3.63, 3.8) is 0 Å². The predicted molar refractivity (Wildman–Crippen MR) is 103 cm³/mol. The lowest BCUT2D eigenvalue weighted by atomic mass is 9.85. The van der Waals surface area contributed by atoms with Crippen LogP contribution in [0.5, 0.6) is 0 Å². The van der Waals surface area contributed by atoms with E-state index in [-0.39, 0.29) is 17.7 Å². The van der Waals surface area contributed by atoms with Crippen molar-refractivity contribution in [1.29, 1.82) is 0 Å². The molecule has 0 aliphatic heterocycles. The molecule has 9 heteroatoms. The van der Waals surface area contributed by atoms with Crippen LogP contribution in [-0.4, -0.2) is 44.5 Å². The van der Waals surface area contributed by atoms with Gasteiger partial charge in [0.25, 0.3) is 0 Å². The minimum atomic E-state index is -0.515. The Balaban J connectivity index is 1.86. The molecule has 1 fully saturated rings. The molecule has 1 aliphatic rings. The molecule has 0 aromatic carbocycles. The van der Waals surface area contributed by atoms with Crippen LogP contribution >= 0.6 is 11.8 Å². The van der Waals surface area contributed by atoms with Gasteiger partial charge in [0.15, 0.2) is 11.0 Å². The van der Waals surface area contributed by atoms with Crippen LogP contribution in [0.3, 0.4) is 0 Å². The fourth-order valence-corrected chi connectivity index (χ4v) is 4.19. The van der Waals surface area contributed by atoms with E-state index in [1.807, 2.05) is 12.1 Å². The first-order valence-corrected chi connectivity index (χ1v) is 10.1. The molecule has 1 saturated carbocycles. The second-order valence-electron chi connectivity index (χ2n) is 6.66. The van der Waals surface area contributed by atoms with Crippen LogP contribution in [0.4, 0.5) is 4.79 Å². The summed E-state index contributed by atoms with van der Waals surface area (Å²) in [6.07, 6.45) is 8.13. The van der Waals surface area contributed by atoms with Gasteiger partial charge in [-0.15, -0.1) is 10.2 Å². The molecule has 0 saturated heterocycles. The van der Waals surface area contributed by atoms with Gasteiger partial charge in [0.1, 0.15) is 0 Å². The number of pyridine rings is 1. The molecule has 2 heterocycles. The minimum absolute atomic E-state index is 0.0969. The molecule has 2 aromatic heterocycles. The molecule has 0 unspecified atom stereocenters. The van der Waals surface area contributed by atoms with Crippen LogP contribution < -0.4 is 10.6 Å². The summed E-state index contributed by atoms with van der Waals surface area (Å²) in [7, 11) is 1.47. The maximum Gasteiger partial charge on any atom is 0.321 e. The van der Waals surface area contributed by atoms with Gasteiger partial charge < -0.3 is 5.32 Å². The van der Waals surface area contributed by atoms with Gasteiger partial charge in [-0.2, -0.15) is 0 Å². The molecule has 2 aromatic rings. The van der Waals surface area contributed by atoms with Crippen LogP contribution in [0.15, 0.2) is 29.7 Å². The van der Waals surface area contributed by atoms with Crippen molar-refractivity contribution in [2.24, 2.45) is 5.92 Å². The van der Waals surface area contributed by atoms with E-state index in [1.54, 1.807) is 12.4 Å². The number of hydrogen-bond acceptors (Lipinski definition) is 6. The molecular formula is C18H24N6O2S. The molecule has 27 heavy (non-hydrogen) atoms. The van der Waals surface area contributed by atoms with Crippen LogP contribution in [0.2, 0.25) is 0 Å². The van der Waals surface area contributed by atoms with E-state index in [0.717, 1.165) is 24.2 Å². The Morgan fingerprint density at radius 3 is 2.81 bits per heavy atom. The molecule has 3 rings (SSSR count). The number of carbonyl (C=O) groups excluding carboxylic acids is 2. The molecule has 0 bridgehead atoms. The summed E-state index contributed by atoms with van der Waals surface area (Å²) in [5, 5.41) is 14.1. The Labute approximate surface area is 162 Å². The molecule has 0 spiro atoms. The Bertz CT molecular complexity index is 794. The molecule has 144 valence electrons. The summed E-state index contributed by atoms with van der Waals surface area (Å²) < 4.78 is 2.15. The van der Waals surface area contributed by atoms with Crippen molar-refractivity contribution in [2.75, 3.05) is 12.8 Å². The monoisotopic (exact) mass is 388 g/mol. The lowest BCUT2D eigenvalue weighted by Crippen LogP contribution is -2.38. The number of aromatic nitrogens is 4. The number of urea groups is 1. The van der Waals surface area contributed by atoms with Gasteiger partial charge in [0, 0.05) is 31.0 Å². The zero-order valence-electron chi connectivity index (χ0n) is 15.5. The summed E-state index contributed by atoms with van der Waals surface area (Å²) in [5.41, 5.74) is 0.907. The van der Waals surface area contributed by atoms with Gasteiger partial charge in [0.05, 0.1) is 5.75 Å². The van der Waals surface area contributed by atoms with Gasteiger partial charge in [-0.3, -0.25) is 19.7 Å². The van der Waals surface area contributed by atoms with E-state index in [2.05, 4.69) is 37.3 Å². The Morgan fingerprint density at radius 2 is 2.11 bits per heavy atom. The number of carbonyl (C=O) groups is 2. The van der Waals surface area contributed by atoms with Crippen molar-refractivity contribution in [1.82, 2.24) is 30.4 Å². The zero-order valence-corrected chi connectivity index (χ0v) is 16.3. The number of rotatable bonds is 5. The summed E-state index contributed by atoms with van der Waals surface area (Å²) in [6, 6.07) is 3.61. The fourth-order valence-electron chi connectivity index (χ4n) is 3.40. The smallest absolute Gasteiger partial charge is 0.321 e. The van der Waals surface area contributed by atoms with Gasteiger partial charge in [0.2, 0.25) is 5.91 Å². The van der Waals surface area contributed by atoms with Crippen molar-refractivity contribution in [3.05, 3.63) is 24.5 Å². The van der Waals surface area contributed by atoms with E-state index in [4.69, 9.17) is 0 Å². The third-order valence-corrected chi connectivity index (χ3v) is 5.74. The highest BCUT2D eigenvalue weighted by Crippen LogP contribution is 2.38. The highest BCUT2D eigenvalue weighted by molar-refractivity contribution is 7.99. The van der Waals surface area contributed by atoms with Crippen LogP contribution in [0.1, 0.15) is 38.6 Å². The van der Waals surface area contributed by atoms with E-state index < -0.39 is 6.03 Å². The number of thioether (sulfide) groups is 1. The molecular weight excluding hydrogens is 364 g/mol. The largest absolute Gasteiger partial charge is 0.341 e. The van der Waals surface area contributed by atoms with Gasteiger partial charge in [-0.1, -0.05) is 31.5 Å². The highest BCUT2D eigenvalue weighted by atomic mass is 32.2. The summed E-state index contributed by atoms with van der Waals surface area (Å²) in [4.78, 5) is 27.4. The predicted octanol–water partition coefficient (Wildman–Crippen LogP) is 2.64. The Hall–Kier alpha value is -2.42. The summed E-state index contributed by atoms with van der Waals surface area (Å²) in [5.74, 6) is 1.01. The molecule has 8 nitrogen and oxygen atoms in total. The van der Waals surface area contributed by atoms with Gasteiger partial charge >= 0.3 is 6.03 Å². The number of imide groups is 1. The van der Waals surface area contributed by atoms with E-state index in [0.29, 0.717) is 11.1 Å². The second-order valence-corrected chi connectivity index (χ2v) is 7.61. The number of hydrogen-bond donors (Lipinski definition) is 2. The topological polar surface area (TPSA) is 102 Å². The maximum atomic E-state index is 12.0. The van der Waals surface area contributed by atoms with Gasteiger partial charge in [-0.25, -0.2) is 4.79 Å². The van der Waals surface area contributed by atoms with Crippen molar-refractivity contribution in [3.8, 4) is 11.4 Å². The van der Waals surface area contributed by atoms with Crippen LogP contribution in [0.25, 0.3) is 11.4 Å². The third-order valence-electron chi connectivity index (χ3n) is 4.79. The molecule has 2 atom stereocenters. The first kappa shape index (κ1) is 19.3. The normalized spacial score (nSPS) is 19.5. The second kappa shape index (κ2) is 8.98. The lowest BCUT2D eigenvalue weighted by Gasteiger charge is -2.31. The lowest BCUT2D eigenvalue weighted by molar-refractivity contribution is -0.117. The summed E-state index contributed by atoms with van der Waals surface area (Å²) >= 11 is 1.30. The highest BCUT2D eigenvalue weighted by Gasteiger charge is 2.29. The van der Waals surface area contributed by atoms with E-state index in [9.17, 15) is 9.59 Å². The van der Waals surface area contributed by atoms with Gasteiger partial charge in [-0.05, 0) is 30.9 Å². The SMILES string of the molecule is CNC(=O)NC(=O)CSc1nnc(-c2cccnc2)n1[C@@H]1CCCC[C@H]1C. The van der Waals surface area contributed by atoms with Crippen LogP contribution in [-0.2, 0) is 4.79 Å².